The zero-order chi connectivity index (χ0) is 17.9. The zero-order valence-electron chi connectivity index (χ0n) is 13.5. The molecule has 2 N–H and O–H groups in total. The fourth-order valence-corrected chi connectivity index (χ4v) is 3.16. The van der Waals surface area contributed by atoms with E-state index in [0.717, 1.165) is 11.1 Å². The molecule has 0 spiro atoms. The van der Waals surface area contributed by atoms with Crippen LogP contribution in [0.15, 0.2) is 66.9 Å². The first-order valence-corrected chi connectivity index (χ1v) is 8.61. The summed E-state index contributed by atoms with van der Waals surface area (Å²) in [4.78, 5) is 25.2. The Hall–Kier alpha value is -3.45. The maximum absolute atomic E-state index is 11.8. The molecule has 6 nitrogen and oxygen atoms in total. The lowest BCUT2D eigenvalue weighted by molar-refractivity contribution is 0.100. The van der Waals surface area contributed by atoms with Crippen molar-refractivity contribution in [2.45, 2.75) is 0 Å². The lowest BCUT2D eigenvalue weighted by Gasteiger charge is -2.05. The number of primary amides is 1. The Morgan fingerprint density at radius 2 is 1.46 bits per heavy atom. The minimum atomic E-state index is -0.601. The number of aromatic nitrogens is 4. The van der Waals surface area contributed by atoms with Crippen molar-refractivity contribution >= 4 is 17.4 Å². The molecular formula is C19H13N5OS. The average molecular weight is 359 g/mol. The van der Waals surface area contributed by atoms with Crippen molar-refractivity contribution in [1.82, 2.24) is 19.3 Å². The highest BCUT2D eigenvalue weighted by Crippen LogP contribution is 2.28. The van der Waals surface area contributed by atoms with Gasteiger partial charge in [-0.2, -0.15) is 4.37 Å². The third kappa shape index (κ3) is 3.07. The summed E-state index contributed by atoms with van der Waals surface area (Å²) in [7, 11) is 0. The smallest absolute Gasteiger partial charge is 0.252 e. The number of benzene rings is 2. The molecule has 2 aromatic heterocycles. The SMILES string of the molecule is NC(=O)c1cnc(-c2ccccc2)nc1-c1nc(-c2ccccc2)ns1. The second-order valence-corrected chi connectivity index (χ2v) is 6.23. The Labute approximate surface area is 153 Å². The minimum Gasteiger partial charge on any atom is -0.365 e. The van der Waals surface area contributed by atoms with Crippen molar-refractivity contribution in [3.8, 4) is 33.5 Å². The summed E-state index contributed by atoms with van der Waals surface area (Å²) in [5, 5.41) is 0.525. The van der Waals surface area contributed by atoms with Crippen molar-refractivity contribution in [2.75, 3.05) is 0 Å². The van der Waals surface area contributed by atoms with Gasteiger partial charge in [0.1, 0.15) is 5.69 Å². The highest BCUT2D eigenvalue weighted by molar-refractivity contribution is 7.09. The molecule has 0 aliphatic rings. The minimum absolute atomic E-state index is 0.223. The summed E-state index contributed by atoms with van der Waals surface area (Å²) < 4.78 is 4.38. The predicted molar refractivity (Wildman–Crippen MR) is 100 cm³/mol. The molecule has 126 valence electrons. The van der Waals surface area contributed by atoms with Gasteiger partial charge in [-0.1, -0.05) is 60.7 Å². The van der Waals surface area contributed by atoms with E-state index in [1.807, 2.05) is 60.7 Å². The second kappa shape index (κ2) is 6.81. The molecule has 0 radical (unpaired) electrons. The summed E-state index contributed by atoms with van der Waals surface area (Å²) in [5.74, 6) is 0.485. The maximum atomic E-state index is 11.8. The third-order valence-corrected chi connectivity index (χ3v) is 4.47. The molecule has 1 amide bonds. The van der Waals surface area contributed by atoms with Crippen LogP contribution < -0.4 is 5.73 Å². The first-order valence-electron chi connectivity index (χ1n) is 7.84. The van der Waals surface area contributed by atoms with Crippen LogP contribution in [0.1, 0.15) is 10.4 Å². The first kappa shape index (κ1) is 16.0. The van der Waals surface area contributed by atoms with Gasteiger partial charge in [0.05, 0.1) is 5.56 Å². The number of hydrogen-bond acceptors (Lipinski definition) is 6. The highest BCUT2D eigenvalue weighted by atomic mass is 32.1. The summed E-state index contributed by atoms with van der Waals surface area (Å²) in [6.45, 7) is 0. The predicted octanol–water partition coefficient (Wildman–Crippen LogP) is 3.43. The van der Waals surface area contributed by atoms with Gasteiger partial charge < -0.3 is 5.73 Å². The van der Waals surface area contributed by atoms with E-state index < -0.39 is 5.91 Å². The van der Waals surface area contributed by atoms with Gasteiger partial charge in [-0.15, -0.1) is 0 Å². The molecule has 7 heteroatoms. The van der Waals surface area contributed by atoms with E-state index in [0.29, 0.717) is 22.4 Å². The van der Waals surface area contributed by atoms with Gasteiger partial charge in [0, 0.05) is 17.3 Å². The summed E-state index contributed by atoms with van der Waals surface area (Å²) >= 11 is 1.17. The number of hydrogen-bond donors (Lipinski definition) is 1. The van der Waals surface area contributed by atoms with Gasteiger partial charge in [0.25, 0.3) is 5.91 Å². The van der Waals surface area contributed by atoms with Gasteiger partial charge in [0.2, 0.25) is 0 Å². The van der Waals surface area contributed by atoms with Crippen LogP contribution in [-0.4, -0.2) is 25.2 Å². The summed E-state index contributed by atoms with van der Waals surface area (Å²) in [5.41, 5.74) is 7.85. The van der Waals surface area contributed by atoms with Gasteiger partial charge in [-0.3, -0.25) is 4.79 Å². The van der Waals surface area contributed by atoms with E-state index in [2.05, 4.69) is 19.3 Å². The molecule has 0 saturated heterocycles. The monoisotopic (exact) mass is 359 g/mol. The Kier molecular flexibility index (Phi) is 4.20. The van der Waals surface area contributed by atoms with Gasteiger partial charge >= 0.3 is 0 Å². The number of rotatable bonds is 4. The fourth-order valence-electron chi connectivity index (χ4n) is 2.48. The Morgan fingerprint density at radius 1 is 0.846 bits per heavy atom. The Bertz CT molecular complexity index is 1060. The van der Waals surface area contributed by atoms with Crippen molar-refractivity contribution in [2.24, 2.45) is 5.73 Å². The Morgan fingerprint density at radius 3 is 2.08 bits per heavy atom. The normalized spacial score (nSPS) is 10.6. The molecule has 0 saturated carbocycles. The molecule has 0 aliphatic carbocycles. The van der Waals surface area contributed by atoms with Crippen LogP contribution in [0.3, 0.4) is 0 Å². The number of nitrogens with two attached hydrogens (primary N) is 1. The molecule has 0 atom stereocenters. The molecule has 4 rings (SSSR count). The van der Waals surface area contributed by atoms with Crippen LogP contribution in [0.4, 0.5) is 0 Å². The van der Waals surface area contributed by atoms with Crippen molar-refractivity contribution in [3.63, 3.8) is 0 Å². The van der Waals surface area contributed by atoms with Gasteiger partial charge in [-0.25, -0.2) is 15.0 Å². The van der Waals surface area contributed by atoms with E-state index in [-0.39, 0.29) is 5.56 Å². The lowest BCUT2D eigenvalue weighted by atomic mass is 10.1. The summed E-state index contributed by atoms with van der Waals surface area (Å²) in [6.07, 6.45) is 1.44. The quantitative estimate of drug-likeness (QED) is 0.602. The molecule has 2 heterocycles. The van der Waals surface area contributed by atoms with Crippen molar-refractivity contribution < 1.29 is 4.79 Å². The maximum Gasteiger partial charge on any atom is 0.252 e. The molecule has 0 fully saturated rings. The number of nitrogens with zero attached hydrogens (tertiary/aromatic N) is 4. The topological polar surface area (TPSA) is 94.7 Å². The van der Waals surface area contributed by atoms with Crippen LogP contribution in [-0.2, 0) is 0 Å². The third-order valence-electron chi connectivity index (χ3n) is 3.75. The average Bonchev–Trinajstić information content (AvgIpc) is 3.19. The fraction of sp³-hybridized carbons (Fsp3) is 0. The van der Waals surface area contributed by atoms with E-state index in [1.165, 1.54) is 17.7 Å². The second-order valence-electron chi connectivity index (χ2n) is 5.48. The van der Waals surface area contributed by atoms with Gasteiger partial charge in [0.15, 0.2) is 16.7 Å². The van der Waals surface area contributed by atoms with Crippen LogP contribution in [0, 0.1) is 0 Å². The van der Waals surface area contributed by atoms with E-state index >= 15 is 0 Å². The molecule has 0 bridgehead atoms. The lowest BCUT2D eigenvalue weighted by Crippen LogP contribution is -2.14. The van der Waals surface area contributed by atoms with Crippen LogP contribution in [0.2, 0.25) is 0 Å². The number of carbonyl (C=O) groups excluding carboxylic acids is 1. The highest BCUT2D eigenvalue weighted by Gasteiger charge is 2.18. The molecule has 0 aliphatic heterocycles. The van der Waals surface area contributed by atoms with Crippen LogP contribution >= 0.6 is 11.5 Å². The van der Waals surface area contributed by atoms with E-state index in [4.69, 9.17) is 5.73 Å². The number of carbonyl (C=O) groups is 1. The first-order chi connectivity index (χ1) is 12.7. The van der Waals surface area contributed by atoms with Gasteiger partial charge in [-0.05, 0) is 11.5 Å². The summed E-state index contributed by atoms with van der Waals surface area (Å²) in [6, 6.07) is 19.1. The molecule has 2 aromatic carbocycles. The van der Waals surface area contributed by atoms with Crippen molar-refractivity contribution in [3.05, 3.63) is 72.4 Å². The number of amides is 1. The van der Waals surface area contributed by atoms with Crippen LogP contribution in [0.25, 0.3) is 33.5 Å². The van der Waals surface area contributed by atoms with E-state index in [1.54, 1.807) is 0 Å². The largest absolute Gasteiger partial charge is 0.365 e. The molecular weight excluding hydrogens is 346 g/mol. The zero-order valence-corrected chi connectivity index (χ0v) is 14.4. The molecule has 4 aromatic rings. The van der Waals surface area contributed by atoms with Crippen LogP contribution in [0.5, 0.6) is 0 Å². The Balaban J connectivity index is 1.82. The molecule has 0 unspecified atom stereocenters. The van der Waals surface area contributed by atoms with Crippen molar-refractivity contribution in [1.29, 1.82) is 0 Å². The molecule has 26 heavy (non-hydrogen) atoms. The van der Waals surface area contributed by atoms with E-state index in [9.17, 15) is 4.79 Å². The standard InChI is InChI=1S/C19H13N5OS/c20-16(25)14-11-21-17(12-7-3-1-4-8-12)22-15(14)19-23-18(24-26-19)13-9-5-2-6-10-13/h1-11H,(H2,20,25).